The van der Waals surface area contributed by atoms with Gasteiger partial charge < -0.3 is 10.6 Å². The van der Waals surface area contributed by atoms with E-state index in [1.807, 2.05) is 4.90 Å². The number of carbonyl (C=O) groups is 1. The van der Waals surface area contributed by atoms with E-state index in [0.717, 1.165) is 25.9 Å². The lowest BCUT2D eigenvalue weighted by molar-refractivity contribution is -0.131. The Kier molecular flexibility index (Phi) is 6.04. The smallest absolute Gasteiger partial charge is 0.223 e. The summed E-state index contributed by atoms with van der Waals surface area (Å²) in [4.78, 5) is 13.6. The summed E-state index contributed by atoms with van der Waals surface area (Å²) in [6.07, 6.45) is 3.48. The Bertz CT molecular complexity index is 364. The van der Waals surface area contributed by atoms with Gasteiger partial charge in [0.15, 0.2) is 0 Å². The molecule has 1 aliphatic heterocycles. The van der Waals surface area contributed by atoms with Crippen molar-refractivity contribution in [2.45, 2.75) is 37.9 Å². The van der Waals surface area contributed by atoms with Crippen LogP contribution in [0.25, 0.3) is 0 Å². The molecule has 0 aromatic rings. The zero-order valence-corrected chi connectivity index (χ0v) is 11.7. The van der Waals surface area contributed by atoms with Crippen molar-refractivity contribution in [1.29, 1.82) is 0 Å². The molecule has 0 saturated carbocycles. The van der Waals surface area contributed by atoms with Gasteiger partial charge in [-0.05, 0) is 26.2 Å². The van der Waals surface area contributed by atoms with E-state index in [4.69, 9.17) is 5.73 Å². The van der Waals surface area contributed by atoms with Crippen LogP contribution in [0, 0.1) is 0 Å². The van der Waals surface area contributed by atoms with Crippen LogP contribution in [0.15, 0.2) is 0 Å². The molecular formula is C11H23N3O3S. The SMILES string of the molecule is CC(CN)S(=O)(=O)NCCC(=O)N1CCCCC1. The highest BCUT2D eigenvalue weighted by Crippen LogP contribution is 2.09. The summed E-state index contributed by atoms with van der Waals surface area (Å²) in [5.74, 6) is 0.0257. The number of carbonyl (C=O) groups excluding carboxylic acids is 1. The average molecular weight is 277 g/mol. The molecule has 7 heteroatoms. The van der Waals surface area contributed by atoms with Gasteiger partial charge in [0.05, 0.1) is 5.25 Å². The van der Waals surface area contributed by atoms with E-state index in [2.05, 4.69) is 4.72 Å². The number of nitrogens with two attached hydrogens (primary N) is 1. The molecule has 0 bridgehead atoms. The fourth-order valence-corrected chi connectivity index (χ4v) is 2.80. The van der Waals surface area contributed by atoms with Gasteiger partial charge in [-0.15, -0.1) is 0 Å². The molecule has 0 aromatic heterocycles. The van der Waals surface area contributed by atoms with Crippen LogP contribution in [0.2, 0.25) is 0 Å². The highest BCUT2D eigenvalue weighted by Gasteiger charge is 2.20. The van der Waals surface area contributed by atoms with Gasteiger partial charge in [-0.25, -0.2) is 13.1 Å². The Morgan fingerprint density at radius 1 is 1.33 bits per heavy atom. The molecule has 106 valence electrons. The van der Waals surface area contributed by atoms with E-state index < -0.39 is 15.3 Å². The first-order chi connectivity index (χ1) is 8.47. The normalized spacial score (nSPS) is 18.7. The maximum atomic E-state index is 11.8. The van der Waals surface area contributed by atoms with Crippen LogP contribution < -0.4 is 10.5 Å². The van der Waals surface area contributed by atoms with Crippen molar-refractivity contribution in [3.8, 4) is 0 Å². The summed E-state index contributed by atoms with van der Waals surface area (Å²) in [6.45, 7) is 3.38. The van der Waals surface area contributed by atoms with Gasteiger partial charge in [-0.3, -0.25) is 4.79 Å². The van der Waals surface area contributed by atoms with Crippen LogP contribution in [0.3, 0.4) is 0 Å². The molecule has 0 spiro atoms. The summed E-state index contributed by atoms with van der Waals surface area (Å²) in [5, 5.41) is -0.623. The second-order valence-corrected chi connectivity index (χ2v) is 6.86. The number of sulfonamides is 1. The van der Waals surface area contributed by atoms with Gasteiger partial charge in [-0.1, -0.05) is 0 Å². The first-order valence-electron chi connectivity index (χ1n) is 6.43. The number of likely N-dealkylation sites (tertiary alicyclic amines) is 1. The summed E-state index contributed by atoms with van der Waals surface area (Å²) in [5.41, 5.74) is 5.31. The Morgan fingerprint density at radius 3 is 2.50 bits per heavy atom. The average Bonchev–Trinajstić information content (AvgIpc) is 2.38. The predicted molar refractivity (Wildman–Crippen MR) is 70.5 cm³/mol. The summed E-state index contributed by atoms with van der Waals surface area (Å²) >= 11 is 0. The number of amides is 1. The molecule has 1 unspecified atom stereocenters. The van der Waals surface area contributed by atoms with Crippen molar-refractivity contribution in [2.24, 2.45) is 5.73 Å². The maximum Gasteiger partial charge on any atom is 0.223 e. The van der Waals surface area contributed by atoms with Crippen LogP contribution in [0.4, 0.5) is 0 Å². The molecule has 1 aliphatic rings. The van der Waals surface area contributed by atoms with Crippen molar-refractivity contribution in [2.75, 3.05) is 26.2 Å². The highest BCUT2D eigenvalue weighted by molar-refractivity contribution is 7.90. The lowest BCUT2D eigenvalue weighted by Gasteiger charge is -2.26. The molecular weight excluding hydrogens is 254 g/mol. The summed E-state index contributed by atoms with van der Waals surface area (Å²) in [7, 11) is -3.38. The van der Waals surface area contributed by atoms with E-state index in [1.165, 1.54) is 6.42 Å². The van der Waals surface area contributed by atoms with Gasteiger partial charge in [0.1, 0.15) is 0 Å². The van der Waals surface area contributed by atoms with Crippen LogP contribution in [0.1, 0.15) is 32.6 Å². The number of nitrogens with zero attached hydrogens (tertiary/aromatic N) is 1. The van der Waals surface area contributed by atoms with Gasteiger partial charge in [-0.2, -0.15) is 0 Å². The summed E-state index contributed by atoms with van der Waals surface area (Å²) < 4.78 is 25.6. The van der Waals surface area contributed by atoms with Crippen LogP contribution in [-0.4, -0.2) is 50.7 Å². The zero-order valence-electron chi connectivity index (χ0n) is 10.9. The second-order valence-electron chi connectivity index (χ2n) is 4.68. The molecule has 0 aliphatic carbocycles. The molecule has 18 heavy (non-hydrogen) atoms. The predicted octanol–water partition coefficient (Wildman–Crippen LogP) is -0.344. The number of hydrogen-bond acceptors (Lipinski definition) is 4. The Labute approximate surface area is 109 Å². The second kappa shape index (κ2) is 7.06. The molecule has 1 rings (SSSR count). The molecule has 1 saturated heterocycles. The van der Waals surface area contributed by atoms with Crippen molar-refractivity contribution < 1.29 is 13.2 Å². The summed E-state index contributed by atoms with van der Waals surface area (Å²) in [6, 6.07) is 0. The minimum Gasteiger partial charge on any atom is -0.343 e. The molecule has 3 N–H and O–H groups in total. The van der Waals surface area contributed by atoms with Crippen molar-refractivity contribution >= 4 is 15.9 Å². The Morgan fingerprint density at radius 2 is 1.94 bits per heavy atom. The van der Waals surface area contributed by atoms with Gasteiger partial charge in [0.2, 0.25) is 15.9 Å². The van der Waals surface area contributed by atoms with Crippen LogP contribution in [0.5, 0.6) is 0 Å². The van der Waals surface area contributed by atoms with Crippen LogP contribution >= 0.6 is 0 Å². The van der Waals surface area contributed by atoms with E-state index in [-0.39, 0.29) is 25.4 Å². The van der Waals surface area contributed by atoms with Gasteiger partial charge in [0.25, 0.3) is 0 Å². The third-order valence-corrected chi connectivity index (χ3v) is 5.07. The lowest BCUT2D eigenvalue weighted by atomic mass is 10.1. The first kappa shape index (κ1) is 15.4. The minimum absolute atomic E-state index is 0.0257. The topological polar surface area (TPSA) is 92.5 Å². The third kappa shape index (κ3) is 4.55. The van der Waals surface area contributed by atoms with Crippen molar-refractivity contribution in [3.63, 3.8) is 0 Å². The fraction of sp³-hybridized carbons (Fsp3) is 0.909. The molecule has 1 fully saturated rings. The Balaban J connectivity index is 2.30. The molecule has 1 amide bonds. The number of rotatable bonds is 6. The lowest BCUT2D eigenvalue weighted by Crippen LogP contribution is -2.40. The van der Waals surface area contributed by atoms with Gasteiger partial charge >= 0.3 is 0 Å². The Hall–Kier alpha value is -0.660. The number of hydrogen-bond donors (Lipinski definition) is 2. The highest BCUT2D eigenvalue weighted by atomic mass is 32.2. The van der Waals surface area contributed by atoms with Crippen molar-refractivity contribution in [3.05, 3.63) is 0 Å². The maximum absolute atomic E-state index is 11.8. The quantitative estimate of drug-likeness (QED) is 0.694. The zero-order chi connectivity index (χ0) is 13.6. The minimum atomic E-state index is -3.38. The third-order valence-electron chi connectivity index (χ3n) is 3.21. The van der Waals surface area contributed by atoms with E-state index >= 15 is 0 Å². The first-order valence-corrected chi connectivity index (χ1v) is 7.98. The number of piperidine rings is 1. The van der Waals surface area contributed by atoms with E-state index in [9.17, 15) is 13.2 Å². The standard InChI is InChI=1S/C11H23N3O3S/c1-10(9-12)18(16,17)13-6-5-11(15)14-7-3-2-4-8-14/h10,13H,2-9,12H2,1H3. The van der Waals surface area contributed by atoms with Crippen molar-refractivity contribution in [1.82, 2.24) is 9.62 Å². The molecule has 1 atom stereocenters. The molecule has 0 aromatic carbocycles. The molecule has 6 nitrogen and oxygen atoms in total. The van der Waals surface area contributed by atoms with E-state index in [0.29, 0.717) is 0 Å². The van der Waals surface area contributed by atoms with E-state index in [1.54, 1.807) is 6.92 Å². The molecule has 0 radical (unpaired) electrons. The largest absolute Gasteiger partial charge is 0.343 e. The molecule has 1 heterocycles. The van der Waals surface area contributed by atoms with Gasteiger partial charge in [0, 0.05) is 32.6 Å². The number of nitrogens with one attached hydrogen (secondary N) is 1. The monoisotopic (exact) mass is 277 g/mol. The fourth-order valence-electron chi connectivity index (χ4n) is 1.87. The van der Waals surface area contributed by atoms with Crippen LogP contribution in [-0.2, 0) is 14.8 Å².